The van der Waals surface area contributed by atoms with Crippen LogP contribution in [0.15, 0.2) is 36.0 Å². The van der Waals surface area contributed by atoms with Crippen LogP contribution in [0.5, 0.6) is 0 Å². The lowest BCUT2D eigenvalue weighted by atomic mass is 9.99. The summed E-state index contributed by atoms with van der Waals surface area (Å²) in [4.78, 5) is 0. The van der Waals surface area contributed by atoms with Crippen LogP contribution in [-0.4, -0.2) is 0 Å². The second kappa shape index (κ2) is 11.3. The molecule has 0 fully saturated rings. The van der Waals surface area contributed by atoms with Gasteiger partial charge in [0.1, 0.15) is 0 Å². The summed E-state index contributed by atoms with van der Waals surface area (Å²) in [5.41, 5.74) is 2.76. The molecule has 0 aliphatic heterocycles. The zero-order chi connectivity index (χ0) is 12.3. The van der Waals surface area contributed by atoms with Crippen molar-refractivity contribution in [2.75, 3.05) is 0 Å². The first-order valence-corrected chi connectivity index (χ1v) is 6.18. The highest BCUT2D eigenvalue weighted by Gasteiger charge is 1.98. The molecule has 88 valence electrons. The van der Waals surface area contributed by atoms with Gasteiger partial charge < -0.3 is 0 Å². The van der Waals surface area contributed by atoms with Gasteiger partial charge in [-0.15, -0.1) is 0 Å². The van der Waals surface area contributed by atoms with Crippen molar-refractivity contribution in [1.29, 1.82) is 0 Å². The minimum absolute atomic E-state index is 0.573. The summed E-state index contributed by atoms with van der Waals surface area (Å²) in [7, 11) is 0. The summed E-state index contributed by atoms with van der Waals surface area (Å²) in [5.74, 6) is 0.573. The number of hydrogen-bond donors (Lipinski definition) is 0. The molecular weight excluding hydrogens is 180 g/mol. The van der Waals surface area contributed by atoms with Gasteiger partial charge in [0.05, 0.1) is 0 Å². The minimum Gasteiger partial charge on any atom is -0.0988 e. The summed E-state index contributed by atoms with van der Waals surface area (Å²) >= 11 is 0. The van der Waals surface area contributed by atoms with Crippen molar-refractivity contribution in [2.24, 2.45) is 5.92 Å². The topological polar surface area (TPSA) is 0 Å². The maximum Gasteiger partial charge on any atom is -0.0219 e. The van der Waals surface area contributed by atoms with Crippen molar-refractivity contribution >= 4 is 0 Å². The molecule has 0 rings (SSSR count). The third-order valence-electron chi connectivity index (χ3n) is 2.13. The maximum atomic E-state index is 3.83. The Labute approximate surface area is 96.8 Å². The largest absolute Gasteiger partial charge is 0.0988 e. The highest BCUT2D eigenvalue weighted by Crippen LogP contribution is 2.15. The van der Waals surface area contributed by atoms with Gasteiger partial charge in [-0.25, -0.2) is 0 Å². The summed E-state index contributed by atoms with van der Waals surface area (Å²) in [5, 5.41) is 0. The van der Waals surface area contributed by atoms with E-state index in [1.165, 1.54) is 11.1 Å². The molecule has 0 spiro atoms. The van der Waals surface area contributed by atoms with Crippen LogP contribution in [0.25, 0.3) is 0 Å². The van der Waals surface area contributed by atoms with Gasteiger partial charge in [-0.1, -0.05) is 71.9 Å². The molecule has 0 aromatic heterocycles. The van der Waals surface area contributed by atoms with Crippen molar-refractivity contribution in [1.82, 2.24) is 0 Å². The van der Waals surface area contributed by atoms with Gasteiger partial charge in [0.25, 0.3) is 0 Å². The highest BCUT2D eigenvalue weighted by molar-refractivity contribution is 5.30. The predicted molar refractivity (Wildman–Crippen MR) is 73.1 cm³/mol. The molecule has 0 unspecified atom stereocenters. The summed E-state index contributed by atoms with van der Waals surface area (Å²) in [6.07, 6.45) is 8.73. The monoisotopic (exact) mass is 208 g/mol. The Hall–Kier alpha value is -0.780. The van der Waals surface area contributed by atoms with Crippen molar-refractivity contribution < 1.29 is 0 Å². The van der Waals surface area contributed by atoms with Crippen LogP contribution in [0.4, 0.5) is 0 Å². The fourth-order valence-electron chi connectivity index (χ4n) is 1.24. The fourth-order valence-corrected chi connectivity index (χ4v) is 1.24. The van der Waals surface area contributed by atoms with Crippen LogP contribution in [0, 0.1) is 5.92 Å². The van der Waals surface area contributed by atoms with E-state index in [2.05, 4.69) is 46.4 Å². The highest BCUT2D eigenvalue weighted by atomic mass is 14.0. The van der Waals surface area contributed by atoms with Gasteiger partial charge in [0.15, 0.2) is 0 Å². The molecule has 0 N–H and O–H groups in total. The van der Waals surface area contributed by atoms with Gasteiger partial charge in [0.2, 0.25) is 0 Å². The predicted octanol–water partition coefficient (Wildman–Crippen LogP) is 5.53. The van der Waals surface area contributed by atoms with Crippen molar-refractivity contribution in [3.05, 3.63) is 36.0 Å². The minimum atomic E-state index is 0.573. The van der Waals surface area contributed by atoms with Crippen LogP contribution < -0.4 is 0 Å². The average molecular weight is 208 g/mol. The van der Waals surface area contributed by atoms with Crippen LogP contribution in [0.1, 0.15) is 54.4 Å². The summed E-state index contributed by atoms with van der Waals surface area (Å²) in [6, 6.07) is 0. The Balaban J connectivity index is 0. The molecule has 15 heavy (non-hydrogen) atoms. The van der Waals surface area contributed by atoms with Gasteiger partial charge in [-0.3, -0.25) is 0 Å². The summed E-state index contributed by atoms with van der Waals surface area (Å²) in [6.45, 7) is 16.6. The molecule has 0 aromatic rings. The molecule has 0 heteroatoms. The van der Waals surface area contributed by atoms with Crippen molar-refractivity contribution in [3.8, 4) is 0 Å². The lowest BCUT2D eigenvalue weighted by molar-refractivity contribution is 0.789. The molecule has 0 aliphatic rings. The third kappa shape index (κ3) is 8.23. The van der Waals surface area contributed by atoms with Crippen LogP contribution in [0.2, 0.25) is 0 Å². The number of allylic oxidation sites excluding steroid dienone is 5. The SMILES string of the molecule is C=C/C(=C\C(=C/CC)CC)C(C)C.CC. The Kier molecular flexibility index (Phi) is 12.5. The fraction of sp³-hybridized carbons (Fsp3) is 0.600. The first-order chi connectivity index (χ1) is 7.15. The second-order valence-electron chi connectivity index (χ2n) is 3.54. The molecule has 0 atom stereocenters. The lowest BCUT2D eigenvalue weighted by Gasteiger charge is -2.07. The molecule has 0 nitrogen and oxygen atoms in total. The van der Waals surface area contributed by atoms with Crippen molar-refractivity contribution in [2.45, 2.75) is 54.4 Å². The van der Waals surface area contributed by atoms with E-state index in [1.807, 2.05) is 19.9 Å². The van der Waals surface area contributed by atoms with Gasteiger partial charge >= 0.3 is 0 Å². The van der Waals surface area contributed by atoms with Crippen LogP contribution in [0.3, 0.4) is 0 Å². The normalized spacial score (nSPS) is 12.2. The van der Waals surface area contributed by atoms with E-state index in [0.29, 0.717) is 5.92 Å². The Morgan fingerprint density at radius 1 is 1.20 bits per heavy atom. The smallest absolute Gasteiger partial charge is 0.0219 e. The average Bonchev–Trinajstić information content (AvgIpc) is 2.26. The molecule has 0 saturated carbocycles. The number of rotatable bonds is 5. The zero-order valence-electron chi connectivity index (χ0n) is 11.4. The first-order valence-electron chi connectivity index (χ1n) is 6.18. The lowest BCUT2D eigenvalue weighted by Crippen LogP contribution is -1.91. The Bertz CT molecular complexity index is 204. The van der Waals surface area contributed by atoms with E-state index in [1.54, 1.807) is 0 Å². The van der Waals surface area contributed by atoms with E-state index in [-0.39, 0.29) is 0 Å². The Morgan fingerprint density at radius 2 is 1.73 bits per heavy atom. The molecule has 0 heterocycles. The Morgan fingerprint density at radius 3 is 2.00 bits per heavy atom. The van der Waals surface area contributed by atoms with Crippen molar-refractivity contribution in [3.63, 3.8) is 0 Å². The zero-order valence-corrected chi connectivity index (χ0v) is 11.4. The van der Waals surface area contributed by atoms with E-state index in [9.17, 15) is 0 Å². The maximum absolute atomic E-state index is 3.83. The van der Waals surface area contributed by atoms with Gasteiger partial charge in [-0.2, -0.15) is 0 Å². The van der Waals surface area contributed by atoms with Crippen LogP contribution >= 0.6 is 0 Å². The molecule has 0 aromatic carbocycles. The molecule has 0 bridgehead atoms. The molecule has 0 amide bonds. The quantitative estimate of drug-likeness (QED) is 0.521. The third-order valence-corrected chi connectivity index (χ3v) is 2.13. The second-order valence-corrected chi connectivity index (χ2v) is 3.54. The summed E-state index contributed by atoms with van der Waals surface area (Å²) < 4.78 is 0. The molecule has 0 aliphatic carbocycles. The van der Waals surface area contributed by atoms with Crippen LogP contribution in [-0.2, 0) is 0 Å². The molecule has 0 radical (unpaired) electrons. The standard InChI is InChI=1S/C13H22.C2H6/c1-6-9-12(7-2)10-13(8-3)11(4)5;1-2/h8-11H,3,6-7H2,1-2,4-5H3;1-2H3/b12-9-,13-10+;. The first kappa shape index (κ1) is 16.6. The van der Waals surface area contributed by atoms with Gasteiger partial charge in [0, 0.05) is 0 Å². The molecule has 0 saturated heterocycles. The van der Waals surface area contributed by atoms with Gasteiger partial charge in [-0.05, 0) is 24.3 Å². The van der Waals surface area contributed by atoms with E-state index in [0.717, 1.165) is 12.8 Å². The molecular formula is C15H28. The number of hydrogen-bond acceptors (Lipinski definition) is 0. The van der Waals surface area contributed by atoms with E-state index in [4.69, 9.17) is 0 Å². The van der Waals surface area contributed by atoms with E-state index >= 15 is 0 Å². The van der Waals surface area contributed by atoms with E-state index < -0.39 is 0 Å².